The van der Waals surface area contributed by atoms with E-state index in [0.29, 0.717) is 18.0 Å². The maximum atomic E-state index is 5.64. The number of hydrogen-bond acceptors (Lipinski definition) is 5. The van der Waals surface area contributed by atoms with Gasteiger partial charge in [0.05, 0.1) is 18.9 Å². The number of nitrogens with one attached hydrogen (secondary N) is 2. The lowest BCUT2D eigenvalue weighted by atomic mass is 9.94. The summed E-state index contributed by atoms with van der Waals surface area (Å²) in [5.41, 5.74) is 1.34. The number of ether oxygens (including phenoxy) is 1. The van der Waals surface area contributed by atoms with Gasteiger partial charge in [0, 0.05) is 36.5 Å². The summed E-state index contributed by atoms with van der Waals surface area (Å²) in [7, 11) is 0. The Morgan fingerprint density at radius 2 is 2.29 bits per heavy atom. The minimum atomic E-state index is 0.539. The molecule has 0 radical (unpaired) electrons. The lowest BCUT2D eigenvalue weighted by Crippen LogP contribution is -2.50. The summed E-state index contributed by atoms with van der Waals surface area (Å²) in [5.74, 6) is 1.49. The molecule has 1 saturated heterocycles. The maximum Gasteiger partial charge on any atom is 0.107 e. The molecule has 0 amide bonds. The first kappa shape index (κ1) is 14.1. The number of morpholine rings is 1. The van der Waals surface area contributed by atoms with E-state index in [4.69, 9.17) is 9.72 Å². The van der Waals surface area contributed by atoms with Crippen LogP contribution in [0.5, 0.6) is 0 Å². The third-order valence-corrected chi connectivity index (χ3v) is 5.98. The molecule has 2 N–H and O–H groups in total. The van der Waals surface area contributed by atoms with Crippen molar-refractivity contribution in [3.63, 3.8) is 0 Å². The quantitative estimate of drug-likeness (QED) is 0.876. The number of hydrogen-bond donors (Lipinski definition) is 2. The van der Waals surface area contributed by atoms with Gasteiger partial charge < -0.3 is 15.4 Å². The molecule has 3 aliphatic rings. The van der Waals surface area contributed by atoms with Gasteiger partial charge in [-0.05, 0) is 31.6 Å². The van der Waals surface area contributed by atoms with E-state index in [1.807, 2.05) is 11.3 Å². The highest BCUT2D eigenvalue weighted by molar-refractivity contribution is 7.09. The molecule has 0 bridgehead atoms. The van der Waals surface area contributed by atoms with Gasteiger partial charge in [0.2, 0.25) is 0 Å². The van der Waals surface area contributed by atoms with E-state index >= 15 is 0 Å². The Morgan fingerprint density at radius 3 is 3.10 bits per heavy atom. The fourth-order valence-corrected chi connectivity index (χ4v) is 4.60. The average Bonchev–Trinajstić information content (AvgIpc) is 3.10. The van der Waals surface area contributed by atoms with E-state index in [1.54, 1.807) is 0 Å². The van der Waals surface area contributed by atoms with Gasteiger partial charge >= 0.3 is 0 Å². The van der Waals surface area contributed by atoms with Gasteiger partial charge in [-0.2, -0.15) is 0 Å². The first-order valence-electron chi connectivity index (χ1n) is 8.39. The van der Waals surface area contributed by atoms with Crippen LogP contribution in [0.15, 0.2) is 5.38 Å². The molecule has 3 fully saturated rings. The Bertz CT molecular complexity index is 468. The second kappa shape index (κ2) is 6.32. The van der Waals surface area contributed by atoms with Crippen LogP contribution in [0.25, 0.3) is 0 Å². The molecular formula is C16H25N3OS. The molecule has 4 rings (SSSR count). The fraction of sp³-hybridized carbons (Fsp3) is 0.812. The van der Waals surface area contributed by atoms with Crippen LogP contribution >= 0.6 is 11.3 Å². The van der Waals surface area contributed by atoms with Crippen LogP contribution < -0.4 is 10.6 Å². The van der Waals surface area contributed by atoms with Crippen LogP contribution in [0, 0.1) is 5.92 Å². The van der Waals surface area contributed by atoms with Crippen molar-refractivity contribution in [1.29, 1.82) is 0 Å². The summed E-state index contributed by atoms with van der Waals surface area (Å²) >= 11 is 1.82. The van der Waals surface area contributed by atoms with E-state index in [1.165, 1.54) is 42.8 Å². The summed E-state index contributed by atoms with van der Waals surface area (Å²) in [5, 5.41) is 10.9. The molecule has 2 heterocycles. The van der Waals surface area contributed by atoms with Gasteiger partial charge in [0.15, 0.2) is 0 Å². The van der Waals surface area contributed by atoms with Crippen molar-refractivity contribution < 1.29 is 4.74 Å². The van der Waals surface area contributed by atoms with E-state index in [9.17, 15) is 0 Å². The molecule has 5 heteroatoms. The highest BCUT2D eigenvalue weighted by Crippen LogP contribution is 2.40. The molecule has 2 aliphatic carbocycles. The Labute approximate surface area is 130 Å². The molecule has 3 unspecified atom stereocenters. The van der Waals surface area contributed by atoms with Gasteiger partial charge in [-0.25, -0.2) is 4.98 Å². The topological polar surface area (TPSA) is 46.2 Å². The third kappa shape index (κ3) is 3.31. The average molecular weight is 307 g/mol. The van der Waals surface area contributed by atoms with E-state index < -0.39 is 0 Å². The highest BCUT2D eigenvalue weighted by atomic mass is 32.1. The van der Waals surface area contributed by atoms with Crippen LogP contribution in [0.2, 0.25) is 0 Å². The highest BCUT2D eigenvalue weighted by Gasteiger charge is 2.34. The number of thiazole rings is 1. The summed E-state index contributed by atoms with van der Waals surface area (Å²) in [6.07, 6.45) is 6.64. The molecular weight excluding hydrogens is 282 g/mol. The zero-order valence-corrected chi connectivity index (χ0v) is 13.3. The second-order valence-electron chi connectivity index (χ2n) is 6.66. The molecule has 0 spiro atoms. The molecule has 2 saturated carbocycles. The first-order valence-corrected chi connectivity index (χ1v) is 9.27. The first-order chi connectivity index (χ1) is 10.4. The van der Waals surface area contributed by atoms with Crippen molar-refractivity contribution in [3.05, 3.63) is 16.1 Å². The van der Waals surface area contributed by atoms with Crippen LogP contribution in [-0.2, 0) is 11.3 Å². The smallest absolute Gasteiger partial charge is 0.107 e. The van der Waals surface area contributed by atoms with Crippen molar-refractivity contribution in [1.82, 2.24) is 15.6 Å². The Morgan fingerprint density at radius 1 is 1.33 bits per heavy atom. The van der Waals surface area contributed by atoms with Crippen molar-refractivity contribution >= 4 is 11.3 Å². The molecule has 1 aromatic heterocycles. The van der Waals surface area contributed by atoms with E-state index in [2.05, 4.69) is 16.0 Å². The third-order valence-electron chi connectivity index (χ3n) is 5.12. The summed E-state index contributed by atoms with van der Waals surface area (Å²) in [6.45, 7) is 3.69. The maximum absolute atomic E-state index is 5.64. The molecule has 1 aliphatic heterocycles. The molecule has 4 nitrogen and oxygen atoms in total. The largest absolute Gasteiger partial charge is 0.379 e. The van der Waals surface area contributed by atoms with Gasteiger partial charge in [-0.1, -0.05) is 6.42 Å². The predicted molar refractivity (Wildman–Crippen MR) is 84.7 cm³/mol. The van der Waals surface area contributed by atoms with Gasteiger partial charge in [-0.15, -0.1) is 11.3 Å². The lowest BCUT2D eigenvalue weighted by molar-refractivity contribution is 0.0524. The Hall–Kier alpha value is -0.490. The summed E-state index contributed by atoms with van der Waals surface area (Å²) < 4.78 is 5.64. The van der Waals surface area contributed by atoms with E-state index in [-0.39, 0.29) is 0 Å². The zero-order chi connectivity index (χ0) is 14.1. The van der Waals surface area contributed by atoms with Crippen molar-refractivity contribution in [3.8, 4) is 0 Å². The number of rotatable bonds is 5. The molecule has 21 heavy (non-hydrogen) atoms. The van der Waals surface area contributed by atoms with E-state index in [0.717, 1.165) is 32.2 Å². The summed E-state index contributed by atoms with van der Waals surface area (Å²) in [4.78, 5) is 4.79. The zero-order valence-electron chi connectivity index (χ0n) is 12.5. The van der Waals surface area contributed by atoms with Crippen molar-refractivity contribution in [2.24, 2.45) is 5.92 Å². The van der Waals surface area contributed by atoms with Crippen molar-refractivity contribution in [2.45, 2.75) is 56.7 Å². The van der Waals surface area contributed by atoms with Crippen LogP contribution in [0.1, 0.15) is 48.7 Å². The van der Waals surface area contributed by atoms with Gasteiger partial charge in [0.1, 0.15) is 5.01 Å². The van der Waals surface area contributed by atoms with Crippen molar-refractivity contribution in [2.75, 3.05) is 19.8 Å². The minimum Gasteiger partial charge on any atom is -0.379 e. The standard InChI is InChI=1S/C16H25N3OS/c1-2-12(14-9-20-7-6-17-14)13(3-1)18-8-16-19-15(10-21-16)11-4-5-11/h10-14,17-18H,1-9H2. The number of nitrogens with zero attached hydrogens (tertiary/aromatic N) is 1. The monoisotopic (exact) mass is 307 g/mol. The van der Waals surface area contributed by atoms with Crippen LogP contribution in [-0.4, -0.2) is 36.8 Å². The fourth-order valence-electron chi connectivity index (χ4n) is 3.78. The van der Waals surface area contributed by atoms with Crippen LogP contribution in [0.4, 0.5) is 0 Å². The SMILES string of the molecule is c1sc(CNC2CCCC2C2COCCN2)nc1C1CC1. The molecule has 116 valence electrons. The lowest BCUT2D eigenvalue weighted by Gasteiger charge is -2.32. The Kier molecular flexibility index (Phi) is 4.25. The normalized spacial score (nSPS) is 33.4. The predicted octanol–water partition coefficient (Wildman–Crippen LogP) is 2.27. The summed E-state index contributed by atoms with van der Waals surface area (Å²) in [6, 6.07) is 1.16. The minimum absolute atomic E-state index is 0.539. The van der Waals surface area contributed by atoms with Gasteiger partial charge in [0.25, 0.3) is 0 Å². The van der Waals surface area contributed by atoms with Crippen LogP contribution in [0.3, 0.4) is 0 Å². The molecule has 3 atom stereocenters. The van der Waals surface area contributed by atoms with Gasteiger partial charge in [-0.3, -0.25) is 0 Å². The molecule has 0 aromatic carbocycles. The second-order valence-corrected chi connectivity index (χ2v) is 7.60. The Balaban J connectivity index is 1.32. The molecule has 1 aromatic rings. The number of aromatic nitrogens is 1.